The molecule has 2 rings (SSSR count). The van der Waals surface area contributed by atoms with Crippen molar-refractivity contribution in [1.82, 2.24) is 0 Å². The molecule has 0 N–H and O–H groups in total. The summed E-state index contributed by atoms with van der Waals surface area (Å²) in [6.45, 7) is 3.17. The zero-order valence-corrected chi connectivity index (χ0v) is 22.1. The molecule has 2 aromatic carbocycles. The minimum absolute atomic E-state index is 0.886. The summed E-state index contributed by atoms with van der Waals surface area (Å²) in [4.78, 5) is 0. The van der Waals surface area contributed by atoms with Gasteiger partial charge in [-0.3, -0.25) is 0 Å². The Morgan fingerprint density at radius 2 is 1.09 bits per heavy atom. The second-order valence-electron chi connectivity index (χ2n) is 9.35. The van der Waals surface area contributed by atoms with E-state index in [-0.39, 0.29) is 0 Å². The summed E-state index contributed by atoms with van der Waals surface area (Å²) in [5.41, 5.74) is 0. The van der Waals surface area contributed by atoms with Crippen molar-refractivity contribution < 1.29 is 4.43 Å². The maximum absolute atomic E-state index is 6.93. The SMILES string of the molecule is C#CCCCCCCCCCCCCCO[Si](CCCC)(c1ccccc1)c1ccccc1. The van der Waals surface area contributed by atoms with Crippen molar-refractivity contribution in [3.63, 3.8) is 0 Å². The largest absolute Gasteiger partial charge is 0.408 e. The van der Waals surface area contributed by atoms with E-state index in [0.29, 0.717) is 0 Å². The molecule has 2 aromatic rings. The van der Waals surface area contributed by atoms with Gasteiger partial charge in [-0.05, 0) is 29.3 Å². The standard InChI is InChI=1S/C31H46OSi/c1-3-5-7-8-9-10-11-12-13-14-15-16-23-28-32-33(29-6-4-2,30-24-19-17-20-25-30)31-26-21-18-22-27-31/h1,17-22,24-27H,4-16,23,28-29H2,2H3. The molecule has 2 heteroatoms. The molecule has 33 heavy (non-hydrogen) atoms. The van der Waals surface area contributed by atoms with Gasteiger partial charge in [0.1, 0.15) is 0 Å². The van der Waals surface area contributed by atoms with Crippen LogP contribution in [0.3, 0.4) is 0 Å². The summed E-state index contributed by atoms with van der Waals surface area (Å²) in [6.07, 6.45) is 23.3. The highest BCUT2D eigenvalue weighted by atomic mass is 28.4. The highest BCUT2D eigenvalue weighted by Crippen LogP contribution is 2.18. The first-order chi connectivity index (χ1) is 16.3. The van der Waals surface area contributed by atoms with Crippen molar-refractivity contribution in [1.29, 1.82) is 0 Å². The number of hydrogen-bond acceptors (Lipinski definition) is 1. The lowest BCUT2D eigenvalue weighted by Gasteiger charge is -2.32. The van der Waals surface area contributed by atoms with Crippen LogP contribution in [0.25, 0.3) is 0 Å². The fraction of sp³-hybridized carbons (Fsp3) is 0.548. The van der Waals surface area contributed by atoms with Gasteiger partial charge in [-0.15, -0.1) is 12.3 Å². The van der Waals surface area contributed by atoms with Gasteiger partial charge in [0.15, 0.2) is 0 Å². The van der Waals surface area contributed by atoms with E-state index >= 15 is 0 Å². The minimum atomic E-state index is -2.18. The molecule has 0 unspecified atom stereocenters. The second kappa shape index (κ2) is 17.6. The molecular weight excluding hydrogens is 416 g/mol. The topological polar surface area (TPSA) is 9.23 Å². The first kappa shape index (κ1) is 27.4. The van der Waals surface area contributed by atoms with E-state index in [4.69, 9.17) is 10.8 Å². The van der Waals surface area contributed by atoms with Gasteiger partial charge in [-0.2, -0.15) is 0 Å². The molecule has 0 bridgehead atoms. The zero-order chi connectivity index (χ0) is 23.5. The molecule has 0 amide bonds. The van der Waals surface area contributed by atoms with E-state index in [1.54, 1.807) is 0 Å². The number of unbranched alkanes of at least 4 members (excludes halogenated alkanes) is 12. The average molecular weight is 463 g/mol. The second-order valence-corrected chi connectivity index (χ2v) is 13.0. The van der Waals surface area contributed by atoms with Crippen LogP contribution in [0.5, 0.6) is 0 Å². The Labute approximate surface area is 205 Å². The summed E-state index contributed by atoms with van der Waals surface area (Å²) in [6, 6.07) is 23.3. The third kappa shape index (κ3) is 10.3. The lowest BCUT2D eigenvalue weighted by atomic mass is 10.1. The molecule has 0 aliphatic rings. The quantitative estimate of drug-likeness (QED) is 0.117. The number of benzene rings is 2. The number of hydrogen-bond donors (Lipinski definition) is 0. The zero-order valence-electron chi connectivity index (χ0n) is 21.1. The Morgan fingerprint density at radius 3 is 1.55 bits per heavy atom. The Bertz CT molecular complexity index is 710. The van der Waals surface area contributed by atoms with Gasteiger partial charge in [0.2, 0.25) is 0 Å². The molecule has 1 nitrogen and oxygen atoms in total. The summed E-state index contributed by atoms with van der Waals surface area (Å²) in [5, 5.41) is 2.84. The van der Waals surface area contributed by atoms with Crippen molar-refractivity contribution in [3.05, 3.63) is 60.7 Å². The molecule has 0 heterocycles. The fourth-order valence-corrected chi connectivity index (χ4v) is 8.90. The van der Waals surface area contributed by atoms with E-state index in [2.05, 4.69) is 73.5 Å². The van der Waals surface area contributed by atoms with E-state index in [0.717, 1.165) is 13.0 Å². The molecule has 0 spiro atoms. The van der Waals surface area contributed by atoms with Crippen molar-refractivity contribution in [2.45, 2.75) is 103 Å². The Balaban J connectivity index is 1.74. The van der Waals surface area contributed by atoms with Gasteiger partial charge in [0.25, 0.3) is 8.32 Å². The van der Waals surface area contributed by atoms with Crippen molar-refractivity contribution in [3.8, 4) is 12.3 Å². The lowest BCUT2D eigenvalue weighted by molar-refractivity contribution is 0.301. The molecule has 0 aliphatic heterocycles. The summed E-state index contributed by atoms with van der Waals surface area (Å²) in [7, 11) is -2.18. The van der Waals surface area contributed by atoms with Crippen molar-refractivity contribution in [2.24, 2.45) is 0 Å². The molecule has 0 saturated heterocycles. The third-order valence-corrected chi connectivity index (χ3v) is 11.0. The maximum atomic E-state index is 6.93. The highest BCUT2D eigenvalue weighted by Gasteiger charge is 2.38. The molecule has 180 valence electrons. The minimum Gasteiger partial charge on any atom is -0.408 e. The number of terminal acetylenes is 1. The van der Waals surface area contributed by atoms with Crippen LogP contribution in [0.2, 0.25) is 6.04 Å². The Hall–Kier alpha value is -1.82. The molecule has 0 atom stereocenters. The molecule has 0 aromatic heterocycles. The van der Waals surface area contributed by atoms with Crippen molar-refractivity contribution >= 4 is 18.7 Å². The summed E-state index contributed by atoms with van der Waals surface area (Å²) >= 11 is 0. The maximum Gasteiger partial charge on any atom is 0.255 e. The summed E-state index contributed by atoms with van der Waals surface area (Å²) < 4.78 is 6.93. The van der Waals surface area contributed by atoms with Gasteiger partial charge in [-0.1, -0.05) is 138 Å². The average Bonchev–Trinajstić information content (AvgIpc) is 2.87. The molecular formula is C31H46OSi. The van der Waals surface area contributed by atoms with Crippen LogP contribution in [0.4, 0.5) is 0 Å². The predicted octanol–water partition coefficient (Wildman–Crippen LogP) is 7.88. The van der Waals surface area contributed by atoms with Gasteiger partial charge in [-0.25, -0.2) is 0 Å². The van der Waals surface area contributed by atoms with Crippen LogP contribution in [0.15, 0.2) is 60.7 Å². The normalized spacial score (nSPS) is 11.4. The Kier molecular flexibility index (Phi) is 14.6. The predicted molar refractivity (Wildman–Crippen MR) is 148 cm³/mol. The molecule has 0 saturated carbocycles. The molecule has 0 fully saturated rings. The third-order valence-electron chi connectivity index (χ3n) is 6.68. The van der Waals surface area contributed by atoms with E-state index in [1.165, 1.54) is 99.9 Å². The van der Waals surface area contributed by atoms with Gasteiger partial charge in [0.05, 0.1) is 0 Å². The first-order valence-electron chi connectivity index (χ1n) is 13.5. The van der Waals surface area contributed by atoms with Crippen LogP contribution in [0, 0.1) is 12.3 Å². The van der Waals surface area contributed by atoms with Gasteiger partial charge >= 0.3 is 0 Å². The Morgan fingerprint density at radius 1 is 0.636 bits per heavy atom. The highest BCUT2D eigenvalue weighted by molar-refractivity contribution is 6.97. The van der Waals surface area contributed by atoms with E-state index < -0.39 is 8.32 Å². The lowest BCUT2D eigenvalue weighted by Crippen LogP contribution is -2.60. The summed E-state index contributed by atoms with van der Waals surface area (Å²) in [5.74, 6) is 2.73. The van der Waals surface area contributed by atoms with Crippen molar-refractivity contribution in [2.75, 3.05) is 6.61 Å². The van der Waals surface area contributed by atoms with Crippen LogP contribution in [-0.2, 0) is 4.43 Å². The molecule has 0 aliphatic carbocycles. The smallest absolute Gasteiger partial charge is 0.255 e. The molecule has 0 radical (unpaired) electrons. The van der Waals surface area contributed by atoms with Gasteiger partial charge < -0.3 is 4.43 Å². The number of rotatable bonds is 19. The van der Waals surface area contributed by atoms with E-state index in [9.17, 15) is 0 Å². The van der Waals surface area contributed by atoms with Crippen LogP contribution < -0.4 is 10.4 Å². The van der Waals surface area contributed by atoms with Crippen LogP contribution in [0.1, 0.15) is 96.8 Å². The fourth-order valence-electron chi connectivity index (χ4n) is 4.70. The van der Waals surface area contributed by atoms with Gasteiger partial charge in [0, 0.05) is 13.0 Å². The van der Waals surface area contributed by atoms with Crippen LogP contribution >= 0.6 is 0 Å². The van der Waals surface area contributed by atoms with E-state index in [1.807, 2.05) is 0 Å². The van der Waals surface area contributed by atoms with Crippen LogP contribution in [-0.4, -0.2) is 14.9 Å². The monoisotopic (exact) mass is 462 g/mol. The first-order valence-corrected chi connectivity index (χ1v) is 15.6.